The van der Waals surface area contributed by atoms with Crippen LogP contribution in [-0.4, -0.2) is 85.0 Å². The fourth-order valence-corrected chi connectivity index (χ4v) is 4.69. The van der Waals surface area contributed by atoms with Crippen LogP contribution in [0.2, 0.25) is 5.02 Å². The van der Waals surface area contributed by atoms with Crippen molar-refractivity contribution in [1.29, 1.82) is 0 Å². The Morgan fingerprint density at radius 2 is 1.88 bits per heavy atom. The van der Waals surface area contributed by atoms with Crippen LogP contribution in [0.1, 0.15) is 31.2 Å². The standard InChI is InChI=1S/C23H32ClN5O4S/c24-19-4-2-18(3-5-19)17-26-22(30)32-20-16-23(33-27-20)6-10-29(11-7-23)21(34)25-8-1-9-28-12-14-31-15-13-28/h2-5H,1,6-17H2,(H,25,34)(H,26,30). The molecule has 1 amide bonds. The molecule has 1 spiro atoms. The summed E-state index contributed by atoms with van der Waals surface area (Å²) in [6.45, 7) is 7.50. The van der Waals surface area contributed by atoms with E-state index < -0.39 is 11.7 Å². The van der Waals surface area contributed by atoms with Crippen LogP contribution in [0, 0.1) is 0 Å². The first-order valence-corrected chi connectivity index (χ1v) is 12.6. The van der Waals surface area contributed by atoms with E-state index in [2.05, 4.69) is 25.6 Å². The highest BCUT2D eigenvalue weighted by Gasteiger charge is 2.43. The number of carbonyl (C=O) groups excluding carboxylic acids is 1. The Morgan fingerprint density at radius 1 is 1.15 bits per heavy atom. The molecule has 0 saturated carbocycles. The van der Waals surface area contributed by atoms with Gasteiger partial charge in [-0.15, -0.1) is 0 Å². The number of carbonyl (C=O) groups is 1. The smallest absolute Gasteiger partial charge is 0.392 e. The molecule has 3 aliphatic rings. The van der Waals surface area contributed by atoms with E-state index in [9.17, 15) is 4.79 Å². The second-order valence-electron chi connectivity index (χ2n) is 8.83. The molecule has 11 heteroatoms. The van der Waals surface area contributed by atoms with E-state index in [0.29, 0.717) is 23.9 Å². The molecule has 3 heterocycles. The van der Waals surface area contributed by atoms with Crippen molar-refractivity contribution in [3.05, 3.63) is 34.9 Å². The van der Waals surface area contributed by atoms with Gasteiger partial charge in [-0.2, -0.15) is 0 Å². The summed E-state index contributed by atoms with van der Waals surface area (Å²) in [5.41, 5.74) is 0.509. The highest BCUT2D eigenvalue weighted by Crippen LogP contribution is 2.35. The minimum Gasteiger partial charge on any atom is -0.392 e. The van der Waals surface area contributed by atoms with Gasteiger partial charge in [0.15, 0.2) is 5.11 Å². The second-order valence-corrected chi connectivity index (χ2v) is 9.66. The zero-order valence-corrected chi connectivity index (χ0v) is 20.8. The Balaban J connectivity index is 1.11. The van der Waals surface area contributed by atoms with Gasteiger partial charge in [-0.05, 0) is 42.9 Å². The molecule has 1 aromatic carbocycles. The third kappa shape index (κ3) is 7.18. The van der Waals surface area contributed by atoms with E-state index in [1.807, 2.05) is 12.1 Å². The molecule has 0 aliphatic carbocycles. The van der Waals surface area contributed by atoms with Crippen LogP contribution in [-0.2, 0) is 20.9 Å². The lowest BCUT2D eigenvalue weighted by Gasteiger charge is -2.38. The number of morpholine rings is 1. The molecule has 2 saturated heterocycles. The van der Waals surface area contributed by atoms with Crippen molar-refractivity contribution in [2.24, 2.45) is 5.16 Å². The summed E-state index contributed by atoms with van der Waals surface area (Å²) < 4.78 is 10.7. The molecule has 3 aliphatic heterocycles. The number of likely N-dealkylation sites (tertiary alicyclic amines) is 1. The predicted octanol–water partition coefficient (Wildman–Crippen LogP) is 2.73. The maximum Gasteiger partial charge on any atom is 0.414 e. The number of nitrogens with zero attached hydrogens (tertiary/aromatic N) is 3. The Kier molecular flexibility index (Phi) is 8.82. The molecule has 34 heavy (non-hydrogen) atoms. The first-order valence-electron chi connectivity index (χ1n) is 11.8. The summed E-state index contributed by atoms with van der Waals surface area (Å²) in [7, 11) is 0. The third-order valence-corrected chi connectivity index (χ3v) is 7.02. The number of oxime groups is 1. The normalized spacial score (nSPS) is 19.9. The number of amides is 1. The number of rotatable bonds is 6. The molecule has 0 aromatic heterocycles. The van der Waals surface area contributed by atoms with Gasteiger partial charge in [0.25, 0.3) is 0 Å². The van der Waals surface area contributed by atoms with Gasteiger partial charge in [-0.1, -0.05) is 28.9 Å². The second kappa shape index (κ2) is 12.0. The zero-order chi connectivity index (χ0) is 23.8. The van der Waals surface area contributed by atoms with Crippen LogP contribution in [0.25, 0.3) is 0 Å². The molecule has 1 aromatic rings. The molecule has 2 fully saturated rings. The lowest BCUT2D eigenvalue weighted by molar-refractivity contribution is -0.0524. The fraction of sp³-hybridized carbons (Fsp3) is 0.609. The molecule has 0 radical (unpaired) electrons. The van der Waals surface area contributed by atoms with Crippen LogP contribution < -0.4 is 10.6 Å². The molecule has 2 N–H and O–H groups in total. The number of alkyl carbamates (subject to hydrolysis) is 1. The van der Waals surface area contributed by atoms with Gasteiger partial charge in [0.2, 0.25) is 5.90 Å². The molecule has 9 nitrogen and oxygen atoms in total. The molecular formula is C23H32ClN5O4S. The van der Waals surface area contributed by atoms with E-state index in [1.54, 1.807) is 12.1 Å². The van der Waals surface area contributed by atoms with Crippen molar-refractivity contribution in [3.63, 3.8) is 0 Å². The van der Waals surface area contributed by atoms with Crippen molar-refractivity contribution in [2.75, 3.05) is 52.5 Å². The number of nitrogens with one attached hydrogen (secondary N) is 2. The number of ether oxygens (including phenoxy) is 2. The number of halogens is 1. The van der Waals surface area contributed by atoms with Gasteiger partial charge in [-0.3, -0.25) is 4.90 Å². The largest absolute Gasteiger partial charge is 0.414 e. The summed E-state index contributed by atoms with van der Waals surface area (Å²) in [4.78, 5) is 22.5. The van der Waals surface area contributed by atoms with Crippen LogP contribution in [0.4, 0.5) is 4.79 Å². The number of hydrogen-bond donors (Lipinski definition) is 2. The van der Waals surface area contributed by atoms with Crippen molar-refractivity contribution in [1.82, 2.24) is 20.4 Å². The van der Waals surface area contributed by atoms with Gasteiger partial charge in [0, 0.05) is 57.1 Å². The molecular weight excluding hydrogens is 478 g/mol. The first-order chi connectivity index (χ1) is 16.5. The van der Waals surface area contributed by atoms with E-state index in [-0.39, 0.29) is 0 Å². The summed E-state index contributed by atoms with van der Waals surface area (Å²) in [5.74, 6) is 0.311. The topological polar surface area (TPSA) is 87.7 Å². The van der Waals surface area contributed by atoms with Crippen LogP contribution in [0.15, 0.2) is 29.4 Å². The van der Waals surface area contributed by atoms with Gasteiger partial charge in [0.05, 0.1) is 19.6 Å². The van der Waals surface area contributed by atoms with E-state index in [4.69, 9.17) is 38.1 Å². The van der Waals surface area contributed by atoms with Gasteiger partial charge in [0.1, 0.15) is 5.60 Å². The molecule has 0 bridgehead atoms. The average molecular weight is 510 g/mol. The van der Waals surface area contributed by atoms with E-state index in [1.165, 1.54) is 0 Å². The summed E-state index contributed by atoms with van der Waals surface area (Å²) in [6, 6.07) is 7.26. The van der Waals surface area contributed by atoms with Crippen LogP contribution >= 0.6 is 23.8 Å². The Bertz CT molecular complexity index is 871. The monoisotopic (exact) mass is 509 g/mol. The number of piperidine rings is 1. The SMILES string of the molecule is O=C(NCc1ccc(Cl)cc1)OC1=NOC2(CCN(C(=S)NCCCN3CCOCC3)CC2)C1. The maximum absolute atomic E-state index is 12.1. The van der Waals surface area contributed by atoms with Crippen molar-refractivity contribution >= 4 is 40.9 Å². The van der Waals surface area contributed by atoms with Crippen LogP contribution in [0.3, 0.4) is 0 Å². The Labute approximate surface area is 210 Å². The summed E-state index contributed by atoms with van der Waals surface area (Å²) in [6.07, 6.45) is 2.52. The Hall–Kier alpha value is -2.14. The zero-order valence-electron chi connectivity index (χ0n) is 19.3. The summed E-state index contributed by atoms with van der Waals surface area (Å²) >= 11 is 11.5. The Morgan fingerprint density at radius 3 is 2.62 bits per heavy atom. The van der Waals surface area contributed by atoms with E-state index in [0.717, 1.165) is 82.4 Å². The van der Waals surface area contributed by atoms with E-state index >= 15 is 0 Å². The number of thiocarbonyl (C=S) groups is 1. The van der Waals surface area contributed by atoms with Crippen molar-refractivity contribution in [3.8, 4) is 0 Å². The van der Waals surface area contributed by atoms with Crippen molar-refractivity contribution in [2.45, 2.75) is 37.8 Å². The predicted molar refractivity (Wildman–Crippen MR) is 134 cm³/mol. The highest BCUT2D eigenvalue weighted by molar-refractivity contribution is 7.80. The first kappa shape index (κ1) is 25.0. The molecule has 0 atom stereocenters. The lowest BCUT2D eigenvalue weighted by Crippen LogP contribution is -2.50. The quantitative estimate of drug-likeness (QED) is 0.447. The van der Waals surface area contributed by atoms with Gasteiger partial charge >= 0.3 is 6.09 Å². The van der Waals surface area contributed by atoms with Gasteiger partial charge in [-0.25, -0.2) is 4.79 Å². The van der Waals surface area contributed by atoms with Gasteiger partial charge < -0.3 is 29.8 Å². The van der Waals surface area contributed by atoms with Crippen molar-refractivity contribution < 1.29 is 19.1 Å². The molecule has 4 rings (SSSR count). The third-order valence-electron chi connectivity index (χ3n) is 6.37. The maximum atomic E-state index is 12.1. The highest BCUT2D eigenvalue weighted by atomic mass is 35.5. The number of hydrogen-bond acceptors (Lipinski definition) is 7. The number of benzene rings is 1. The molecule has 186 valence electrons. The van der Waals surface area contributed by atoms with Crippen LogP contribution in [0.5, 0.6) is 0 Å². The average Bonchev–Trinajstić information content (AvgIpc) is 3.24. The minimum absolute atomic E-state index is 0.311. The lowest BCUT2D eigenvalue weighted by atomic mass is 9.88. The minimum atomic E-state index is -0.547. The summed E-state index contributed by atoms with van der Waals surface area (Å²) in [5, 5.41) is 11.6. The fourth-order valence-electron chi connectivity index (χ4n) is 4.28. The molecule has 0 unspecified atom stereocenters.